The summed E-state index contributed by atoms with van der Waals surface area (Å²) in [5, 5.41) is 7.48. The molecule has 16 heavy (non-hydrogen) atoms. The summed E-state index contributed by atoms with van der Waals surface area (Å²) in [5.74, 6) is 1.86. The molecule has 2 aromatic rings. The van der Waals surface area contributed by atoms with Crippen molar-refractivity contribution in [3.63, 3.8) is 0 Å². The Labute approximate surface area is 97.6 Å². The molecule has 0 atom stereocenters. The number of nitrogens with one attached hydrogen (secondary N) is 1. The maximum Gasteiger partial charge on any atom is 0.238 e. The zero-order chi connectivity index (χ0) is 11.0. The number of hydrogen-bond acceptors (Lipinski definition) is 3. The van der Waals surface area contributed by atoms with E-state index < -0.39 is 0 Å². The van der Waals surface area contributed by atoms with Crippen LogP contribution in [-0.2, 0) is 0 Å². The first-order valence-electron chi connectivity index (χ1n) is 5.16. The summed E-state index contributed by atoms with van der Waals surface area (Å²) >= 11 is 5.76. The third-order valence-electron chi connectivity index (χ3n) is 2.51. The maximum absolute atomic E-state index is 5.76. The second kappa shape index (κ2) is 3.79. The van der Waals surface area contributed by atoms with Gasteiger partial charge in [-0.25, -0.2) is 4.98 Å². The molecule has 0 unspecified atom stereocenters. The highest BCUT2D eigenvalue weighted by Crippen LogP contribution is 2.40. The van der Waals surface area contributed by atoms with Crippen LogP contribution in [0.5, 0.6) is 11.6 Å². The lowest BCUT2D eigenvalue weighted by Gasteiger charge is -2.00. The van der Waals surface area contributed by atoms with Crippen LogP contribution >= 0.6 is 11.6 Å². The van der Waals surface area contributed by atoms with Crippen molar-refractivity contribution in [1.29, 1.82) is 0 Å². The molecule has 1 saturated carbocycles. The quantitative estimate of drug-likeness (QED) is 0.832. The van der Waals surface area contributed by atoms with Gasteiger partial charge in [0.25, 0.3) is 0 Å². The van der Waals surface area contributed by atoms with Crippen LogP contribution in [0.2, 0.25) is 5.15 Å². The average Bonchev–Trinajstić information content (AvgIpc) is 3.01. The number of halogens is 1. The molecule has 0 spiro atoms. The summed E-state index contributed by atoms with van der Waals surface area (Å²) < 4.78 is 5.55. The molecular weight excluding hydrogens is 226 g/mol. The second-order valence-corrected chi connectivity index (χ2v) is 4.24. The van der Waals surface area contributed by atoms with Crippen molar-refractivity contribution in [2.75, 3.05) is 0 Å². The fourth-order valence-corrected chi connectivity index (χ4v) is 1.71. The van der Waals surface area contributed by atoms with E-state index >= 15 is 0 Å². The van der Waals surface area contributed by atoms with Gasteiger partial charge in [-0.3, -0.25) is 5.10 Å². The molecule has 1 aliphatic rings. The van der Waals surface area contributed by atoms with Crippen molar-refractivity contribution >= 4 is 11.6 Å². The Balaban J connectivity index is 1.77. The summed E-state index contributed by atoms with van der Waals surface area (Å²) in [6.45, 7) is 0. The van der Waals surface area contributed by atoms with Gasteiger partial charge in [-0.1, -0.05) is 11.6 Å². The molecule has 2 aromatic heterocycles. The zero-order valence-corrected chi connectivity index (χ0v) is 9.24. The first kappa shape index (κ1) is 9.66. The number of nitrogens with zero attached hydrogens (tertiary/aromatic N) is 2. The van der Waals surface area contributed by atoms with Gasteiger partial charge < -0.3 is 4.74 Å². The van der Waals surface area contributed by atoms with Gasteiger partial charge >= 0.3 is 0 Å². The molecule has 82 valence electrons. The van der Waals surface area contributed by atoms with Crippen LogP contribution in [0.3, 0.4) is 0 Å². The molecule has 0 bridgehead atoms. The first-order chi connectivity index (χ1) is 7.81. The molecule has 1 aliphatic carbocycles. The molecule has 2 heterocycles. The monoisotopic (exact) mass is 235 g/mol. The Bertz CT molecular complexity index is 507. The van der Waals surface area contributed by atoms with Crippen molar-refractivity contribution in [1.82, 2.24) is 15.2 Å². The largest absolute Gasteiger partial charge is 0.437 e. The van der Waals surface area contributed by atoms with Crippen molar-refractivity contribution in [3.8, 4) is 11.6 Å². The normalized spacial score (nSPS) is 15.1. The predicted molar refractivity (Wildman–Crippen MR) is 59.9 cm³/mol. The minimum absolute atomic E-state index is 0.412. The van der Waals surface area contributed by atoms with Gasteiger partial charge in [0.15, 0.2) is 0 Å². The van der Waals surface area contributed by atoms with Crippen LogP contribution in [0.25, 0.3) is 0 Å². The van der Waals surface area contributed by atoms with Crippen LogP contribution in [0, 0.1) is 0 Å². The van der Waals surface area contributed by atoms with Crippen molar-refractivity contribution in [3.05, 3.63) is 35.2 Å². The number of rotatable bonds is 3. The minimum atomic E-state index is 0.412. The van der Waals surface area contributed by atoms with Crippen molar-refractivity contribution < 1.29 is 4.74 Å². The van der Waals surface area contributed by atoms with Gasteiger partial charge in [-0.2, -0.15) is 0 Å². The highest BCUT2D eigenvalue weighted by atomic mass is 35.5. The Hall–Kier alpha value is -1.55. The van der Waals surface area contributed by atoms with E-state index in [4.69, 9.17) is 16.3 Å². The third-order valence-corrected chi connectivity index (χ3v) is 2.72. The molecule has 3 rings (SSSR count). The SMILES string of the molecule is Clc1cc(Oc2cc(C3CC3)[nH]n2)ccn1. The Kier molecular flexibility index (Phi) is 2.29. The van der Waals surface area contributed by atoms with Crippen LogP contribution < -0.4 is 4.74 Å². The van der Waals surface area contributed by atoms with Gasteiger partial charge in [0.05, 0.1) is 0 Å². The van der Waals surface area contributed by atoms with Crippen LogP contribution in [0.15, 0.2) is 24.4 Å². The number of aromatic nitrogens is 3. The summed E-state index contributed by atoms with van der Waals surface area (Å²) in [4.78, 5) is 3.88. The van der Waals surface area contributed by atoms with Gasteiger partial charge in [0.1, 0.15) is 10.9 Å². The fraction of sp³-hybridized carbons (Fsp3) is 0.273. The van der Waals surface area contributed by atoms with E-state index in [1.165, 1.54) is 12.8 Å². The maximum atomic E-state index is 5.76. The topological polar surface area (TPSA) is 50.8 Å². The first-order valence-corrected chi connectivity index (χ1v) is 5.54. The lowest BCUT2D eigenvalue weighted by Crippen LogP contribution is -1.84. The molecule has 5 heteroatoms. The van der Waals surface area contributed by atoms with E-state index in [0.717, 1.165) is 5.69 Å². The Morgan fingerprint density at radius 3 is 3.00 bits per heavy atom. The number of ether oxygens (including phenoxy) is 1. The molecular formula is C11H10ClN3O. The average molecular weight is 236 g/mol. The van der Waals surface area contributed by atoms with Gasteiger partial charge in [0.2, 0.25) is 5.88 Å². The van der Waals surface area contributed by atoms with Crippen LogP contribution in [-0.4, -0.2) is 15.2 Å². The van der Waals surface area contributed by atoms with Crippen molar-refractivity contribution in [2.45, 2.75) is 18.8 Å². The van der Waals surface area contributed by atoms with E-state index in [-0.39, 0.29) is 0 Å². The second-order valence-electron chi connectivity index (χ2n) is 3.85. The fourth-order valence-electron chi connectivity index (χ4n) is 1.54. The van der Waals surface area contributed by atoms with E-state index in [0.29, 0.717) is 22.7 Å². The molecule has 0 saturated heterocycles. The van der Waals surface area contributed by atoms with Crippen molar-refractivity contribution in [2.24, 2.45) is 0 Å². The molecule has 0 aromatic carbocycles. The molecule has 4 nitrogen and oxygen atoms in total. The van der Waals surface area contributed by atoms with E-state index in [2.05, 4.69) is 15.2 Å². The lowest BCUT2D eigenvalue weighted by molar-refractivity contribution is 0.461. The highest BCUT2D eigenvalue weighted by Gasteiger charge is 2.25. The summed E-state index contributed by atoms with van der Waals surface area (Å²) in [7, 11) is 0. The zero-order valence-electron chi connectivity index (χ0n) is 8.48. The number of H-pyrrole nitrogens is 1. The van der Waals surface area contributed by atoms with Crippen LogP contribution in [0.1, 0.15) is 24.5 Å². The highest BCUT2D eigenvalue weighted by molar-refractivity contribution is 6.29. The predicted octanol–water partition coefficient (Wildman–Crippen LogP) is 3.13. The smallest absolute Gasteiger partial charge is 0.238 e. The van der Waals surface area contributed by atoms with E-state index in [1.807, 2.05) is 6.07 Å². The molecule has 0 amide bonds. The summed E-state index contributed by atoms with van der Waals surface area (Å²) in [6.07, 6.45) is 4.08. The summed E-state index contributed by atoms with van der Waals surface area (Å²) in [6, 6.07) is 5.34. The molecule has 1 fully saturated rings. The molecule has 1 N–H and O–H groups in total. The van der Waals surface area contributed by atoms with E-state index in [9.17, 15) is 0 Å². The molecule has 0 radical (unpaired) electrons. The number of aromatic amines is 1. The third kappa shape index (κ3) is 2.02. The van der Waals surface area contributed by atoms with Gasteiger partial charge in [-0.15, -0.1) is 5.10 Å². The Morgan fingerprint density at radius 1 is 1.38 bits per heavy atom. The van der Waals surface area contributed by atoms with Gasteiger partial charge in [-0.05, 0) is 18.9 Å². The Morgan fingerprint density at radius 2 is 2.25 bits per heavy atom. The lowest BCUT2D eigenvalue weighted by atomic mass is 10.3. The minimum Gasteiger partial charge on any atom is -0.437 e. The number of hydrogen-bond donors (Lipinski definition) is 1. The standard InChI is InChI=1S/C11H10ClN3O/c12-10-5-8(3-4-13-10)16-11-6-9(14-15-11)7-1-2-7/h3-7H,1-2H2,(H,14,15). The number of pyridine rings is 1. The van der Waals surface area contributed by atoms with E-state index in [1.54, 1.807) is 18.3 Å². The van der Waals surface area contributed by atoms with Gasteiger partial charge in [0, 0.05) is 29.9 Å². The summed E-state index contributed by atoms with van der Waals surface area (Å²) in [5.41, 5.74) is 1.15. The van der Waals surface area contributed by atoms with Crippen LogP contribution in [0.4, 0.5) is 0 Å². The molecule has 0 aliphatic heterocycles.